The van der Waals surface area contributed by atoms with Crippen molar-refractivity contribution in [2.75, 3.05) is 38.7 Å². The number of benzene rings is 1. The van der Waals surface area contributed by atoms with Crippen molar-refractivity contribution >= 4 is 23.5 Å². The Labute approximate surface area is 147 Å². The number of esters is 2. The third-order valence-electron chi connectivity index (χ3n) is 4.25. The van der Waals surface area contributed by atoms with Crippen molar-refractivity contribution in [2.24, 2.45) is 5.92 Å². The molecule has 1 aromatic carbocycles. The summed E-state index contributed by atoms with van der Waals surface area (Å²) in [7, 11) is 1.30. The van der Waals surface area contributed by atoms with Crippen molar-refractivity contribution in [1.82, 2.24) is 0 Å². The molecule has 1 aliphatic rings. The summed E-state index contributed by atoms with van der Waals surface area (Å²) in [6, 6.07) is 6.72. The molecule has 0 saturated carbocycles. The number of ether oxygens (including phenoxy) is 2. The molecule has 2 N–H and O–H groups in total. The lowest BCUT2D eigenvalue weighted by Gasteiger charge is -2.28. The molecule has 25 heavy (non-hydrogen) atoms. The zero-order valence-electron chi connectivity index (χ0n) is 14.7. The molecule has 0 bridgehead atoms. The lowest BCUT2D eigenvalue weighted by molar-refractivity contribution is -0.899. The van der Waals surface area contributed by atoms with Crippen LogP contribution in [0.1, 0.15) is 30.1 Å². The average molecular weight is 349 g/mol. The Kier molecular flexibility index (Phi) is 6.94. The van der Waals surface area contributed by atoms with Crippen molar-refractivity contribution in [2.45, 2.75) is 19.8 Å². The van der Waals surface area contributed by atoms with Gasteiger partial charge in [-0.05, 0) is 31.9 Å². The van der Waals surface area contributed by atoms with Gasteiger partial charge in [0.25, 0.3) is 5.91 Å². The molecular formula is C18H25N2O5+. The standard InChI is InChI=1S/C18H24N2O5/c1-3-25-17(22)13-7-6-10-20(11-13)12-16(21)19-15-9-5-4-8-14(15)18(23)24-2/h4-5,8-9,13H,3,6-7,10-12H2,1-2H3,(H,19,21)/p+1/t13-/m1/s1. The first-order valence-corrected chi connectivity index (χ1v) is 8.52. The van der Waals surface area contributed by atoms with E-state index in [1.54, 1.807) is 31.2 Å². The van der Waals surface area contributed by atoms with Gasteiger partial charge < -0.3 is 19.7 Å². The second-order valence-corrected chi connectivity index (χ2v) is 6.06. The van der Waals surface area contributed by atoms with Crippen molar-refractivity contribution < 1.29 is 28.8 Å². The first-order chi connectivity index (χ1) is 12.0. The van der Waals surface area contributed by atoms with Gasteiger partial charge in [-0.15, -0.1) is 0 Å². The number of methoxy groups -OCH3 is 1. The lowest BCUT2D eigenvalue weighted by atomic mass is 9.98. The van der Waals surface area contributed by atoms with Crippen LogP contribution in [0.2, 0.25) is 0 Å². The van der Waals surface area contributed by atoms with E-state index in [1.807, 2.05) is 0 Å². The van der Waals surface area contributed by atoms with E-state index in [1.165, 1.54) is 7.11 Å². The quantitative estimate of drug-likeness (QED) is 0.720. The van der Waals surface area contributed by atoms with E-state index in [4.69, 9.17) is 9.47 Å². The van der Waals surface area contributed by atoms with Crippen LogP contribution in [0.5, 0.6) is 0 Å². The van der Waals surface area contributed by atoms with Crippen LogP contribution in [-0.4, -0.2) is 51.2 Å². The van der Waals surface area contributed by atoms with E-state index < -0.39 is 5.97 Å². The maximum atomic E-state index is 12.3. The zero-order valence-corrected chi connectivity index (χ0v) is 14.7. The van der Waals surface area contributed by atoms with E-state index in [2.05, 4.69) is 5.32 Å². The van der Waals surface area contributed by atoms with Gasteiger partial charge in [0.15, 0.2) is 6.54 Å². The summed E-state index contributed by atoms with van der Waals surface area (Å²) < 4.78 is 9.81. The monoisotopic (exact) mass is 349 g/mol. The molecule has 7 nitrogen and oxygen atoms in total. The first-order valence-electron chi connectivity index (χ1n) is 8.52. The number of rotatable bonds is 6. The second-order valence-electron chi connectivity index (χ2n) is 6.06. The third-order valence-corrected chi connectivity index (χ3v) is 4.25. The Balaban J connectivity index is 1.94. The van der Waals surface area contributed by atoms with Gasteiger partial charge in [-0.25, -0.2) is 4.79 Å². The first kappa shape index (κ1) is 18.9. The fourth-order valence-electron chi connectivity index (χ4n) is 3.07. The minimum Gasteiger partial charge on any atom is -0.466 e. The predicted molar refractivity (Wildman–Crippen MR) is 91.3 cm³/mol. The normalized spacial score (nSPS) is 19.8. The molecular weight excluding hydrogens is 324 g/mol. The van der Waals surface area contributed by atoms with Gasteiger partial charge >= 0.3 is 11.9 Å². The van der Waals surface area contributed by atoms with Gasteiger partial charge in [-0.3, -0.25) is 9.59 Å². The highest BCUT2D eigenvalue weighted by Crippen LogP contribution is 2.15. The molecule has 2 atom stereocenters. The van der Waals surface area contributed by atoms with Crippen molar-refractivity contribution in [3.05, 3.63) is 29.8 Å². The van der Waals surface area contributed by atoms with Crippen LogP contribution in [-0.2, 0) is 19.1 Å². The average Bonchev–Trinajstić information content (AvgIpc) is 2.62. The minimum absolute atomic E-state index is 0.154. The van der Waals surface area contributed by atoms with E-state index in [-0.39, 0.29) is 24.3 Å². The third kappa shape index (κ3) is 5.29. The minimum atomic E-state index is -0.497. The molecule has 1 aliphatic heterocycles. The summed E-state index contributed by atoms with van der Waals surface area (Å²) in [6.45, 7) is 3.82. The highest BCUT2D eigenvalue weighted by molar-refractivity contribution is 6.01. The Morgan fingerprint density at radius 2 is 2.04 bits per heavy atom. The van der Waals surface area contributed by atoms with Crippen molar-refractivity contribution in [1.29, 1.82) is 0 Å². The molecule has 1 amide bonds. The molecule has 0 aromatic heterocycles. The van der Waals surface area contributed by atoms with Gasteiger partial charge in [0.05, 0.1) is 38.1 Å². The number of carbonyl (C=O) groups excluding carboxylic acids is 3. The van der Waals surface area contributed by atoms with E-state index >= 15 is 0 Å². The van der Waals surface area contributed by atoms with E-state index in [0.717, 1.165) is 24.3 Å². The number of anilines is 1. The molecule has 1 aromatic rings. The number of quaternary nitrogens is 1. The van der Waals surface area contributed by atoms with Gasteiger partial charge in [-0.1, -0.05) is 12.1 Å². The molecule has 0 aliphatic carbocycles. The fourth-order valence-corrected chi connectivity index (χ4v) is 3.07. The summed E-state index contributed by atoms with van der Waals surface area (Å²) in [5.74, 6) is -1.03. The number of hydrogen-bond acceptors (Lipinski definition) is 5. The van der Waals surface area contributed by atoms with Gasteiger partial charge in [-0.2, -0.15) is 0 Å². The maximum Gasteiger partial charge on any atom is 0.339 e. The largest absolute Gasteiger partial charge is 0.466 e. The van der Waals surface area contributed by atoms with Crippen molar-refractivity contribution in [3.8, 4) is 0 Å². The number of nitrogens with one attached hydrogen (secondary N) is 2. The second kappa shape index (κ2) is 9.17. The molecule has 7 heteroatoms. The van der Waals surface area contributed by atoms with Gasteiger partial charge in [0, 0.05) is 0 Å². The molecule has 1 saturated heterocycles. The molecule has 0 radical (unpaired) electrons. The van der Waals surface area contributed by atoms with Gasteiger partial charge in [0.1, 0.15) is 5.92 Å². The van der Waals surface area contributed by atoms with Crippen LogP contribution in [0.15, 0.2) is 24.3 Å². The van der Waals surface area contributed by atoms with Gasteiger partial charge in [0.2, 0.25) is 0 Å². The SMILES string of the molecule is CCOC(=O)[C@@H]1CCC[NH+](CC(=O)Nc2ccccc2C(=O)OC)C1. The lowest BCUT2D eigenvalue weighted by Crippen LogP contribution is -3.14. The summed E-state index contributed by atoms with van der Waals surface area (Å²) in [4.78, 5) is 37.0. The number of hydrogen-bond donors (Lipinski definition) is 2. The highest BCUT2D eigenvalue weighted by Gasteiger charge is 2.30. The smallest absolute Gasteiger partial charge is 0.339 e. The Morgan fingerprint density at radius 1 is 1.28 bits per heavy atom. The van der Waals surface area contributed by atoms with Crippen LogP contribution in [0, 0.1) is 5.92 Å². The fraction of sp³-hybridized carbons (Fsp3) is 0.500. The van der Waals surface area contributed by atoms with Crippen LogP contribution < -0.4 is 10.2 Å². The van der Waals surface area contributed by atoms with E-state index in [0.29, 0.717) is 24.4 Å². The molecule has 1 fully saturated rings. The summed E-state index contributed by atoms with van der Waals surface area (Å²) in [6.07, 6.45) is 1.68. The van der Waals surface area contributed by atoms with Crippen LogP contribution in [0.3, 0.4) is 0 Å². The molecule has 136 valence electrons. The number of carbonyl (C=O) groups is 3. The molecule has 1 heterocycles. The Bertz CT molecular complexity index is 632. The number of para-hydroxylation sites is 1. The summed E-state index contributed by atoms with van der Waals surface area (Å²) in [5.41, 5.74) is 0.745. The molecule has 0 spiro atoms. The number of likely N-dealkylation sites (tertiary alicyclic amines) is 1. The van der Waals surface area contributed by atoms with Crippen LogP contribution in [0.4, 0.5) is 5.69 Å². The number of piperidine rings is 1. The summed E-state index contributed by atoms with van der Waals surface area (Å²) >= 11 is 0. The predicted octanol–water partition coefficient (Wildman–Crippen LogP) is 0.270. The Hall–Kier alpha value is -2.41. The zero-order chi connectivity index (χ0) is 18.2. The van der Waals surface area contributed by atoms with Crippen molar-refractivity contribution in [3.63, 3.8) is 0 Å². The topological polar surface area (TPSA) is 86.1 Å². The maximum absolute atomic E-state index is 12.3. The highest BCUT2D eigenvalue weighted by atomic mass is 16.5. The summed E-state index contributed by atoms with van der Waals surface area (Å²) in [5, 5.41) is 2.77. The number of amides is 1. The van der Waals surface area contributed by atoms with Crippen LogP contribution in [0.25, 0.3) is 0 Å². The molecule has 2 rings (SSSR count). The molecule has 1 unspecified atom stereocenters. The van der Waals surface area contributed by atoms with Crippen LogP contribution >= 0.6 is 0 Å². The van der Waals surface area contributed by atoms with E-state index in [9.17, 15) is 14.4 Å². The Morgan fingerprint density at radius 3 is 2.76 bits per heavy atom.